The van der Waals surface area contributed by atoms with Crippen LogP contribution >= 0.6 is 0 Å². The molecule has 8 heteroatoms. The van der Waals surface area contributed by atoms with Crippen molar-refractivity contribution in [3.05, 3.63) is 35.2 Å². The zero-order valence-electron chi connectivity index (χ0n) is 14.3. The fraction of sp³-hybridized carbons (Fsp3) is 0.438. The molecule has 0 saturated heterocycles. The van der Waals surface area contributed by atoms with E-state index in [0.29, 0.717) is 24.5 Å². The van der Waals surface area contributed by atoms with Crippen molar-refractivity contribution in [2.45, 2.75) is 38.3 Å². The second-order valence-corrected chi connectivity index (χ2v) is 7.81. The Bertz CT molecular complexity index is 889. The molecule has 2 heterocycles. The first-order valence-electron chi connectivity index (χ1n) is 7.74. The molecule has 1 atom stereocenters. The Morgan fingerprint density at radius 3 is 2.75 bits per heavy atom. The lowest BCUT2D eigenvalue weighted by Gasteiger charge is -2.35. The summed E-state index contributed by atoms with van der Waals surface area (Å²) in [5.41, 5.74) is 3.05. The summed E-state index contributed by atoms with van der Waals surface area (Å²) in [7, 11) is -2.10. The molecule has 0 bridgehead atoms. The van der Waals surface area contributed by atoms with E-state index in [1.807, 2.05) is 32.0 Å². The molecular formula is C16H22N4O3S. The minimum Gasteiger partial charge on any atom is -0.487 e. The Labute approximate surface area is 142 Å². The lowest BCUT2D eigenvalue weighted by Crippen LogP contribution is -2.38. The standard InChI is InChI=1S/C16H22N4O3S/c1-10-5-6-13-15(7-10)23-11(2)8-20(13)9-14-16(24(17,21)22)12(3)18-19(14)4/h5-7,11H,8-9H2,1-4H3,(H2,17,21,22). The molecule has 0 saturated carbocycles. The van der Waals surface area contributed by atoms with Gasteiger partial charge in [0.15, 0.2) is 0 Å². The molecule has 24 heavy (non-hydrogen) atoms. The molecule has 2 N–H and O–H groups in total. The van der Waals surface area contributed by atoms with E-state index in [9.17, 15) is 8.42 Å². The van der Waals surface area contributed by atoms with Gasteiger partial charge in [0.05, 0.1) is 30.2 Å². The fourth-order valence-corrected chi connectivity index (χ4v) is 4.18. The van der Waals surface area contributed by atoms with Crippen LogP contribution in [0.4, 0.5) is 5.69 Å². The van der Waals surface area contributed by atoms with Gasteiger partial charge in [-0.25, -0.2) is 13.6 Å². The topological polar surface area (TPSA) is 90.4 Å². The molecule has 1 aliphatic heterocycles. The third-order valence-corrected chi connectivity index (χ3v) is 5.27. The highest BCUT2D eigenvalue weighted by Gasteiger charge is 2.28. The van der Waals surface area contributed by atoms with Gasteiger partial charge in [-0.15, -0.1) is 0 Å². The Balaban J connectivity index is 2.05. The van der Waals surface area contributed by atoms with Crippen molar-refractivity contribution in [1.29, 1.82) is 0 Å². The normalized spacial score (nSPS) is 17.5. The van der Waals surface area contributed by atoms with Gasteiger partial charge in [-0.2, -0.15) is 5.10 Å². The van der Waals surface area contributed by atoms with E-state index in [1.54, 1.807) is 18.7 Å². The molecule has 0 spiro atoms. The number of hydrogen-bond acceptors (Lipinski definition) is 5. The van der Waals surface area contributed by atoms with Crippen LogP contribution in [0.1, 0.15) is 23.9 Å². The average Bonchev–Trinajstić information content (AvgIpc) is 2.72. The number of sulfonamides is 1. The van der Waals surface area contributed by atoms with E-state index in [0.717, 1.165) is 17.0 Å². The Morgan fingerprint density at radius 2 is 2.08 bits per heavy atom. The maximum atomic E-state index is 12.0. The lowest BCUT2D eigenvalue weighted by molar-refractivity contribution is 0.211. The van der Waals surface area contributed by atoms with Crippen LogP contribution in [-0.4, -0.2) is 30.8 Å². The second-order valence-electron chi connectivity index (χ2n) is 6.31. The third-order valence-electron chi connectivity index (χ3n) is 4.17. The van der Waals surface area contributed by atoms with Crippen LogP contribution < -0.4 is 14.8 Å². The highest BCUT2D eigenvalue weighted by Crippen LogP contribution is 2.35. The van der Waals surface area contributed by atoms with Gasteiger partial charge in [-0.05, 0) is 38.5 Å². The Morgan fingerprint density at radius 1 is 1.38 bits per heavy atom. The summed E-state index contributed by atoms with van der Waals surface area (Å²) < 4.78 is 31.4. The predicted molar refractivity (Wildman–Crippen MR) is 91.6 cm³/mol. The van der Waals surface area contributed by atoms with Gasteiger partial charge in [-0.3, -0.25) is 4.68 Å². The van der Waals surface area contributed by atoms with Gasteiger partial charge < -0.3 is 9.64 Å². The van der Waals surface area contributed by atoms with Crippen molar-refractivity contribution in [2.75, 3.05) is 11.4 Å². The largest absolute Gasteiger partial charge is 0.487 e. The maximum Gasteiger partial charge on any atom is 0.241 e. The van der Waals surface area contributed by atoms with Crippen LogP contribution in [0.3, 0.4) is 0 Å². The van der Waals surface area contributed by atoms with Crippen molar-refractivity contribution >= 4 is 15.7 Å². The lowest BCUT2D eigenvalue weighted by atomic mass is 10.1. The first-order valence-corrected chi connectivity index (χ1v) is 9.29. The monoisotopic (exact) mass is 350 g/mol. The number of primary sulfonamides is 1. The SMILES string of the molecule is Cc1ccc2c(c1)OC(C)CN2Cc1c(S(N)(=O)=O)c(C)nn1C. The third kappa shape index (κ3) is 2.99. The Hall–Kier alpha value is -2.06. The molecule has 0 radical (unpaired) electrons. The molecule has 1 unspecified atom stereocenters. The number of anilines is 1. The minimum absolute atomic E-state index is 0.00607. The van der Waals surface area contributed by atoms with E-state index in [4.69, 9.17) is 9.88 Å². The van der Waals surface area contributed by atoms with Crippen molar-refractivity contribution in [2.24, 2.45) is 12.2 Å². The quantitative estimate of drug-likeness (QED) is 0.905. The molecular weight excluding hydrogens is 328 g/mol. The summed E-state index contributed by atoms with van der Waals surface area (Å²) in [4.78, 5) is 2.21. The van der Waals surface area contributed by atoms with E-state index >= 15 is 0 Å². The van der Waals surface area contributed by atoms with Gasteiger partial charge in [0, 0.05) is 7.05 Å². The summed E-state index contributed by atoms with van der Waals surface area (Å²) in [5.74, 6) is 0.810. The fourth-order valence-electron chi connectivity index (χ4n) is 3.20. The zero-order chi connectivity index (χ0) is 17.6. The van der Waals surface area contributed by atoms with E-state index < -0.39 is 10.0 Å². The van der Waals surface area contributed by atoms with Crippen LogP contribution in [-0.2, 0) is 23.6 Å². The van der Waals surface area contributed by atoms with Crippen LogP contribution in [0.2, 0.25) is 0 Å². The van der Waals surface area contributed by atoms with Gasteiger partial charge >= 0.3 is 0 Å². The molecule has 0 fully saturated rings. The number of ether oxygens (including phenoxy) is 1. The van der Waals surface area contributed by atoms with Crippen molar-refractivity contribution in [3.63, 3.8) is 0 Å². The van der Waals surface area contributed by atoms with Crippen LogP contribution in [0.25, 0.3) is 0 Å². The molecule has 0 aliphatic carbocycles. The van der Waals surface area contributed by atoms with Gasteiger partial charge in [-0.1, -0.05) is 6.07 Å². The first-order chi connectivity index (χ1) is 11.2. The van der Waals surface area contributed by atoms with Gasteiger partial charge in [0.2, 0.25) is 10.0 Å². The molecule has 2 aromatic rings. The van der Waals surface area contributed by atoms with Crippen molar-refractivity contribution in [1.82, 2.24) is 9.78 Å². The van der Waals surface area contributed by atoms with E-state index in [2.05, 4.69) is 10.00 Å². The number of hydrogen-bond donors (Lipinski definition) is 1. The second kappa shape index (κ2) is 5.78. The summed E-state index contributed by atoms with van der Waals surface area (Å²) in [6, 6.07) is 6.00. The number of benzene rings is 1. The summed E-state index contributed by atoms with van der Waals surface area (Å²) >= 11 is 0. The first kappa shape index (κ1) is 16.8. The molecule has 130 valence electrons. The molecule has 1 aromatic heterocycles. The number of aromatic nitrogens is 2. The zero-order valence-corrected chi connectivity index (χ0v) is 15.1. The maximum absolute atomic E-state index is 12.0. The number of fused-ring (bicyclic) bond motifs is 1. The van der Waals surface area contributed by atoms with Crippen molar-refractivity contribution < 1.29 is 13.2 Å². The number of aryl methyl sites for hydroxylation is 3. The molecule has 1 aliphatic rings. The van der Waals surface area contributed by atoms with Crippen LogP contribution in [0.5, 0.6) is 5.75 Å². The van der Waals surface area contributed by atoms with E-state index in [1.165, 1.54) is 0 Å². The molecule has 0 amide bonds. The smallest absolute Gasteiger partial charge is 0.241 e. The van der Waals surface area contributed by atoms with Crippen molar-refractivity contribution in [3.8, 4) is 5.75 Å². The Kier molecular flexibility index (Phi) is 4.05. The number of nitrogens with zero attached hydrogens (tertiary/aromatic N) is 3. The van der Waals surface area contributed by atoms with Crippen LogP contribution in [0, 0.1) is 13.8 Å². The summed E-state index contributed by atoms with van der Waals surface area (Å²) in [5, 5.41) is 9.63. The minimum atomic E-state index is -3.83. The van der Waals surface area contributed by atoms with Gasteiger partial charge in [0.25, 0.3) is 0 Å². The van der Waals surface area contributed by atoms with Crippen LogP contribution in [0.15, 0.2) is 23.1 Å². The average molecular weight is 350 g/mol. The van der Waals surface area contributed by atoms with Gasteiger partial charge in [0.1, 0.15) is 16.7 Å². The molecule has 1 aromatic carbocycles. The summed E-state index contributed by atoms with van der Waals surface area (Å²) in [6.45, 7) is 6.71. The number of rotatable bonds is 3. The molecule has 7 nitrogen and oxygen atoms in total. The summed E-state index contributed by atoms with van der Waals surface area (Å²) in [6.07, 6.45) is 0.00607. The van der Waals surface area contributed by atoms with E-state index in [-0.39, 0.29) is 11.0 Å². The highest BCUT2D eigenvalue weighted by molar-refractivity contribution is 7.89. The highest BCUT2D eigenvalue weighted by atomic mass is 32.2. The molecule has 3 rings (SSSR count). The predicted octanol–water partition coefficient (Wildman–Crippen LogP) is 1.47. The number of nitrogens with two attached hydrogens (primary N) is 1.